The first-order valence-electron chi connectivity index (χ1n) is 17.3. The summed E-state index contributed by atoms with van der Waals surface area (Å²) in [5, 5.41) is 2.97. The van der Waals surface area contributed by atoms with E-state index in [1.165, 1.54) is 77.2 Å². The zero-order chi connectivity index (χ0) is 34.3. The van der Waals surface area contributed by atoms with Crippen molar-refractivity contribution >= 4 is 55.7 Å². The van der Waals surface area contributed by atoms with Crippen molar-refractivity contribution in [3.05, 3.63) is 117 Å². The molecule has 0 heterocycles. The molecule has 0 N–H and O–H groups in total. The molecule has 0 saturated carbocycles. The van der Waals surface area contributed by atoms with Crippen molar-refractivity contribution in [2.45, 2.75) is 85.3 Å². The van der Waals surface area contributed by atoms with Crippen molar-refractivity contribution in [1.82, 2.24) is 0 Å². The second-order valence-electron chi connectivity index (χ2n) is 16.5. The Hall–Kier alpha value is -1.74. The first-order chi connectivity index (χ1) is 21.9. The Balaban J connectivity index is 1.50. The molecule has 0 bridgehead atoms. The second-order valence-corrected chi connectivity index (χ2v) is 49.6. The number of hydrogen-bond acceptors (Lipinski definition) is 0. The van der Waals surface area contributed by atoms with Gasteiger partial charge in [0.25, 0.3) is 0 Å². The summed E-state index contributed by atoms with van der Waals surface area (Å²) in [6, 6.07) is 27.9. The van der Waals surface area contributed by atoms with Crippen molar-refractivity contribution in [2.24, 2.45) is 0 Å². The van der Waals surface area contributed by atoms with Crippen LogP contribution < -0.4 is 10.4 Å². The van der Waals surface area contributed by atoms with E-state index in [0.717, 1.165) is 4.13 Å². The molecule has 6 rings (SSSR count). The van der Waals surface area contributed by atoms with E-state index in [1.807, 2.05) is 0 Å². The Morgan fingerprint density at radius 2 is 0.872 bits per heavy atom. The van der Waals surface area contributed by atoms with Crippen LogP contribution in [0.3, 0.4) is 0 Å². The van der Waals surface area contributed by atoms with Gasteiger partial charge in [0, 0.05) is 0 Å². The molecule has 0 spiro atoms. The molecule has 4 aromatic rings. The van der Waals surface area contributed by atoms with Crippen LogP contribution in [-0.2, 0) is 16.4 Å². The second kappa shape index (κ2) is 11.9. The number of rotatable bonds is 7. The summed E-state index contributed by atoms with van der Waals surface area (Å²) in [4.78, 5) is 0. The molecule has 2 unspecified atom stereocenters. The van der Waals surface area contributed by atoms with Gasteiger partial charge in [0.1, 0.15) is 0 Å². The van der Waals surface area contributed by atoms with Crippen LogP contribution in [0, 0.1) is 13.8 Å². The van der Waals surface area contributed by atoms with Crippen LogP contribution in [0.2, 0.25) is 43.4 Å². The maximum atomic E-state index is 8.42. The molecular weight excluding hydrogens is 723 g/mol. The van der Waals surface area contributed by atoms with Gasteiger partial charge in [-0.05, 0) is 0 Å². The Morgan fingerprint density at radius 3 is 1.17 bits per heavy atom. The molecule has 4 aromatic carbocycles. The third kappa shape index (κ3) is 5.85. The van der Waals surface area contributed by atoms with Gasteiger partial charge in [0.2, 0.25) is 0 Å². The van der Waals surface area contributed by atoms with Gasteiger partial charge in [0.05, 0.1) is 0 Å². The van der Waals surface area contributed by atoms with E-state index in [0.29, 0.717) is 0 Å². The molecule has 0 aromatic heterocycles. The molecule has 5 heteroatoms. The van der Waals surface area contributed by atoms with E-state index in [4.69, 9.17) is 17.0 Å². The fourth-order valence-corrected chi connectivity index (χ4v) is 30.1. The zero-order valence-electron chi connectivity index (χ0n) is 30.2. The molecule has 2 atom stereocenters. The van der Waals surface area contributed by atoms with Gasteiger partial charge < -0.3 is 0 Å². The fraction of sp³-hybridized carbons (Fsp3) is 0.333. The van der Waals surface area contributed by atoms with Gasteiger partial charge in [-0.3, -0.25) is 0 Å². The molecular formula is C42H51Cl2Si2Zr. The van der Waals surface area contributed by atoms with Crippen LogP contribution in [-0.4, -0.2) is 16.1 Å². The molecule has 47 heavy (non-hydrogen) atoms. The quantitative estimate of drug-likeness (QED) is 0.164. The van der Waals surface area contributed by atoms with E-state index in [-0.39, 0.29) is 7.25 Å². The zero-order valence-corrected chi connectivity index (χ0v) is 36.2. The molecule has 0 saturated heterocycles. The third-order valence-corrected chi connectivity index (χ3v) is 36.4. The van der Waals surface area contributed by atoms with Gasteiger partial charge in [-0.1, -0.05) is 0 Å². The van der Waals surface area contributed by atoms with Crippen LogP contribution in [0.1, 0.15) is 61.4 Å². The summed E-state index contributed by atoms with van der Waals surface area (Å²) in [5.41, 5.74) is 15.7. The average Bonchev–Trinajstić information content (AvgIpc) is 3.56. The first-order valence-corrected chi connectivity index (χ1v) is 35.2. The number of aryl methyl sites for hydroxylation is 2. The molecule has 0 fully saturated rings. The summed E-state index contributed by atoms with van der Waals surface area (Å²) < 4.78 is 0.928. The predicted molar refractivity (Wildman–Crippen MR) is 214 cm³/mol. The van der Waals surface area contributed by atoms with E-state index in [9.17, 15) is 0 Å². The molecule has 0 nitrogen and oxygen atoms in total. The fourth-order valence-electron chi connectivity index (χ4n) is 8.54. The number of fused-ring (bicyclic) bond motifs is 2. The van der Waals surface area contributed by atoms with Crippen LogP contribution >= 0.6 is 17.0 Å². The Bertz CT molecular complexity index is 1810. The van der Waals surface area contributed by atoms with Gasteiger partial charge >= 0.3 is 297 Å². The van der Waals surface area contributed by atoms with Crippen molar-refractivity contribution in [2.75, 3.05) is 0 Å². The van der Waals surface area contributed by atoms with Crippen LogP contribution in [0.4, 0.5) is 0 Å². The van der Waals surface area contributed by atoms with Gasteiger partial charge in [-0.2, -0.15) is 0 Å². The summed E-state index contributed by atoms with van der Waals surface area (Å²) in [6.45, 7) is 25.8. The molecule has 0 radical (unpaired) electrons. The molecule has 2 aliphatic rings. The summed E-state index contributed by atoms with van der Waals surface area (Å²) >= 11 is -4.80. The van der Waals surface area contributed by atoms with E-state index >= 15 is 0 Å². The van der Waals surface area contributed by atoms with Crippen molar-refractivity contribution in [1.29, 1.82) is 0 Å². The van der Waals surface area contributed by atoms with Gasteiger partial charge in [0.15, 0.2) is 0 Å². The Kier molecular flexibility index (Phi) is 8.92. The predicted octanol–water partition coefficient (Wildman–Crippen LogP) is 12.8. The summed E-state index contributed by atoms with van der Waals surface area (Å²) in [6.07, 6.45) is 4.83. The number of halogens is 2. The summed E-state index contributed by atoms with van der Waals surface area (Å²) in [7, 11) is 14.1. The first kappa shape index (κ1) is 35.1. The molecule has 0 amide bonds. The van der Waals surface area contributed by atoms with Crippen molar-refractivity contribution in [3.63, 3.8) is 0 Å². The van der Waals surface area contributed by atoms with E-state index < -0.39 is 32.5 Å². The van der Waals surface area contributed by atoms with E-state index in [1.54, 1.807) is 0 Å². The monoisotopic (exact) mass is 771 g/mol. The maximum absolute atomic E-state index is 8.42. The number of allylic oxidation sites excluding steroid dienone is 2. The molecule has 2 aliphatic carbocycles. The van der Waals surface area contributed by atoms with Crippen LogP contribution in [0.15, 0.2) is 83.9 Å². The van der Waals surface area contributed by atoms with Gasteiger partial charge in [-0.25, -0.2) is 0 Å². The minimum atomic E-state index is -4.80. The topological polar surface area (TPSA) is 0 Å². The Labute approximate surface area is 294 Å². The van der Waals surface area contributed by atoms with E-state index in [2.05, 4.69) is 159 Å². The van der Waals surface area contributed by atoms with Crippen molar-refractivity contribution in [3.8, 4) is 22.3 Å². The van der Waals surface area contributed by atoms with Crippen molar-refractivity contribution < 1.29 is 16.4 Å². The van der Waals surface area contributed by atoms with Gasteiger partial charge in [-0.15, -0.1) is 0 Å². The van der Waals surface area contributed by atoms with Crippen LogP contribution in [0.5, 0.6) is 0 Å². The van der Waals surface area contributed by atoms with Crippen LogP contribution in [0.25, 0.3) is 34.4 Å². The normalized spacial score (nSPS) is 18.7. The summed E-state index contributed by atoms with van der Waals surface area (Å²) in [5.74, 6) is 0. The molecule has 245 valence electrons. The number of hydrogen-bond donors (Lipinski definition) is 0. The SMILES string of the molecule is C[CH2][Zr]([Cl])([Cl])([CH]1C(C)=Cc2c(-c3ccc([Si](C)(C)C)cc3)ccc(C)c21)[CH]1C(C)=Cc2c(-c3ccc([Si](C)(C)C)cc3)ccc(C)c21. The third-order valence-electron chi connectivity index (χ3n) is 11.2. The Morgan fingerprint density at radius 1 is 0.532 bits per heavy atom. The standard InChI is InChI=1S/2C20H23Si.C2H5.2ClH.Zr/c2*1-14-12-19-15(2)6-11-18(20(19)13-14)16-7-9-17(10-8-16)21(3,4)5;1-2;;;/h2*6-13H,1-5H3;1H2,2H3;2*1H;/q;;;;;+2/p-2. The average molecular weight is 774 g/mol. The number of benzene rings is 4. The molecule has 0 aliphatic heterocycles. The minimum absolute atomic E-state index is 0.0550.